The Kier molecular flexibility index (Phi) is 1.83. The van der Waals surface area contributed by atoms with Gasteiger partial charge in [0.2, 0.25) is 0 Å². The summed E-state index contributed by atoms with van der Waals surface area (Å²) < 4.78 is 0. The molecule has 1 aliphatic heterocycles. The van der Waals surface area contributed by atoms with Gasteiger partial charge in [0, 0.05) is 12.2 Å². The van der Waals surface area contributed by atoms with Gasteiger partial charge in [0.25, 0.3) is 0 Å². The molecule has 0 amide bonds. The van der Waals surface area contributed by atoms with Crippen LogP contribution in [-0.4, -0.2) is 6.54 Å². The predicted molar refractivity (Wildman–Crippen MR) is 57.2 cm³/mol. The lowest BCUT2D eigenvalue weighted by atomic mass is 9.82. The van der Waals surface area contributed by atoms with E-state index in [0.717, 1.165) is 6.54 Å². The zero-order valence-corrected chi connectivity index (χ0v) is 8.65. The van der Waals surface area contributed by atoms with Crippen molar-refractivity contribution >= 4 is 5.69 Å². The van der Waals surface area contributed by atoms with Crippen LogP contribution < -0.4 is 5.32 Å². The molecule has 1 heterocycles. The molecule has 0 aromatic heterocycles. The van der Waals surface area contributed by atoms with Gasteiger partial charge in [0.05, 0.1) is 0 Å². The Morgan fingerprint density at radius 2 is 2.08 bits per heavy atom. The fraction of sp³-hybridized carbons (Fsp3) is 0.500. The molecule has 1 N–H and O–H groups in total. The van der Waals surface area contributed by atoms with E-state index in [9.17, 15) is 0 Å². The van der Waals surface area contributed by atoms with E-state index in [1.807, 2.05) is 0 Å². The second kappa shape index (κ2) is 2.76. The highest BCUT2D eigenvalue weighted by Gasteiger charge is 2.24. The van der Waals surface area contributed by atoms with Gasteiger partial charge in [-0.3, -0.25) is 0 Å². The summed E-state index contributed by atoms with van der Waals surface area (Å²) >= 11 is 0. The van der Waals surface area contributed by atoms with Crippen molar-refractivity contribution in [3.63, 3.8) is 0 Å². The molecule has 0 bridgehead atoms. The first-order chi connectivity index (χ1) is 6.07. The number of anilines is 1. The lowest BCUT2D eigenvalue weighted by Gasteiger charge is -2.32. The van der Waals surface area contributed by atoms with Crippen LogP contribution in [0.3, 0.4) is 0 Å². The van der Waals surface area contributed by atoms with Gasteiger partial charge in [-0.2, -0.15) is 0 Å². The second-order valence-corrected chi connectivity index (χ2v) is 4.86. The summed E-state index contributed by atoms with van der Waals surface area (Å²) in [6.45, 7) is 7.86. The van der Waals surface area contributed by atoms with E-state index in [1.54, 1.807) is 0 Å². The Balaban J connectivity index is 2.38. The summed E-state index contributed by atoms with van der Waals surface area (Å²) in [6, 6.07) is 6.66. The molecule has 0 atom stereocenters. The van der Waals surface area contributed by atoms with E-state index >= 15 is 0 Å². The number of hydrogen-bond acceptors (Lipinski definition) is 1. The Labute approximate surface area is 80.2 Å². The van der Waals surface area contributed by atoms with Gasteiger partial charge in [0.1, 0.15) is 0 Å². The minimum atomic E-state index is 0.404. The molecule has 1 aliphatic rings. The molecule has 1 heteroatoms. The van der Waals surface area contributed by atoms with E-state index in [2.05, 4.69) is 44.3 Å². The lowest BCUT2D eigenvalue weighted by molar-refractivity contribution is 0.379. The van der Waals surface area contributed by atoms with Crippen LogP contribution in [-0.2, 0) is 6.42 Å². The molecule has 0 radical (unpaired) electrons. The first kappa shape index (κ1) is 8.61. The number of aryl methyl sites for hydroxylation is 1. The fourth-order valence-corrected chi connectivity index (χ4v) is 1.95. The van der Waals surface area contributed by atoms with Crippen LogP contribution in [0.4, 0.5) is 5.69 Å². The van der Waals surface area contributed by atoms with Crippen molar-refractivity contribution in [2.75, 3.05) is 11.9 Å². The van der Waals surface area contributed by atoms with E-state index in [-0.39, 0.29) is 0 Å². The van der Waals surface area contributed by atoms with E-state index in [0.29, 0.717) is 5.41 Å². The van der Waals surface area contributed by atoms with Gasteiger partial charge in [-0.1, -0.05) is 31.5 Å². The van der Waals surface area contributed by atoms with Crippen molar-refractivity contribution in [2.24, 2.45) is 5.41 Å². The van der Waals surface area contributed by atoms with Crippen molar-refractivity contribution in [3.8, 4) is 0 Å². The minimum Gasteiger partial charge on any atom is -0.384 e. The average molecular weight is 175 g/mol. The number of hydrogen-bond donors (Lipinski definition) is 1. The average Bonchev–Trinajstić information content (AvgIpc) is 2.01. The van der Waals surface area contributed by atoms with Crippen LogP contribution in [0, 0.1) is 12.3 Å². The van der Waals surface area contributed by atoms with Crippen LogP contribution in [0.25, 0.3) is 0 Å². The van der Waals surface area contributed by atoms with Crippen LogP contribution >= 0.6 is 0 Å². The molecule has 0 aliphatic carbocycles. The quantitative estimate of drug-likeness (QED) is 0.639. The second-order valence-electron chi connectivity index (χ2n) is 4.86. The van der Waals surface area contributed by atoms with Crippen LogP contribution in [0.2, 0.25) is 0 Å². The standard InChI is InChI=1S/C12H17N/c1-9-4-5-11-10(6-9)7-12(2,3)8-13-11/h4-6,13H,7-8H2,1-3H3. The summed E-state index contributed by atoms with van der Waals surface area (Å²) in [4.78, 5) is 0. The molecule has 0 unspecified atom stereocenters. The zero-order valence-electron chi connectivity index (χ0n) is 8.65. The van der Waals surface area contributed by atoms with Gasteiger partial charge in [-0.15, -0.1) is 0 Å². The largest absolute Gasteiger partial charge is 0.384 e. The number of fused-ring (bicyclic) bond motifs is 1. The Morgan fingerprint density at radius 1 is 1.31 bits per heavy atom. The van der Waals surface area contributed by atoms with Crippen molar-refractivity contribution < 1.29 is 0 Å². The third kappa shape index (κ3) is 1.69. The molecule has 2 rings (SSSR count). The van der Waals surface area contributed by atoms with Gasteiger partial charge in [-0.25, -0.2) is 0 Å². The van der Waals surface area contributed by atoms with Gasteiger partial charge < -0.3 is 5.32 Å². The maximum atomic E-state index is 3.48. The third-order valence-electron chi connectivity index (χ3n) is 2.69. The summed E-state index contributed by atoms with van der Waals surface area (Å²) in [5, 5.41) is 3.48. The van der Waals surface area contributed by atoms with Gasteiger partial charge in [-0.05, 0) is 30.4 Å². The number of nitrogens with one attached hydrogen (secondary N) is 1. The lowest BCUT2D eigenvalue weighted by Crippen LogP contribution is -2.30. The number of benzene rings is 1. The highest BCUT2D eigenvalue weighted by Crippen LogP contribution is 2.32. The maximum absolute atomic E-state index is 3.48. The molecule has 1 aromatic carbocycles. The van der Waals surface area contributed by atoms with Gasteiger partial charge >= 0.3 is 0 Å². The molecule has 0 spiro atoms. The topological polar surface area (TPSA) is 12.0 Å². The maximum Gasteiger partial charge on any atom is 0.0373 e. The van der Waals surface area contributed by atoms with E-state index in [1.165, 1.54) is 23.2 Å². The fourth-order valence-electron chi connectivity index (χ4n) is 1.95. The molecule has 0 saturated heterocycles. The first-order valence-corrected chi connectivity index (χ1v) is 4.90. The highest BCUT2D eigenvalue weighted by molar-refractivity contribution is 5.55. The monoisotopic (exact) mass is 175 g/mol. The molecule has 0 fully saturated rings. The molecular weight excluding hydrogens is 158 g/mol. The molecule has 13 heavy (non-hydrogen) atoms. The van der Waals surface area contributed by atoms with Crippen molar-refractivity contribution in [2.45, 2.75) is 27.2 Å². The first-order valence-electron chi connectivity index (χ1n) is 4.90. The summed E-state index contributed by atoms with van der Waals surface area (Å²) in [6.07, 6.45) is 1.19. The molecule has 0 saturated carbocycles. The van der Waals surface area contributed by atoms with Crippen LogP contribution in [0.1, 0.15) is 25.0 Å². The van der Waals surface area contributed by atoms with E-state index in [4.69, 9.17) is 0 Å². The molecule has 1 nitrogen and oxygen atoms in total. The van der Waals surface area contributed by atoms with Crippen LogP contribution in [0.15, 0.2) is 18.2 Å². The van der Waals surface area contributed by atoms with Crippen molar-refractivity contribution in [1.82, 2.24) is 0 Å². The van der Waals surface area contributed by atoms with Crippen molar-refractivity contribution in [1.29, 1.82) is 0 Å². The SMILES string of the molecule is Cc1ccc2c(c1)CC(C)(C)CN2. The molecule has 70 valence electrons. The Bertz CT molecular complexity index is 326. The highest BCUT2D eigenvalue weighted by atomic mass is 14.9. The van der Waals surface area contributed by atoms with E-state index < -0.39 is 0 Å². The summed E-state index contributed by atoms with van der Waals surface area (Å²) in [7, 11) is 0. The minimum absolute atomic E-state index is 0.404. The summed E-state index contributed by atoms with van der Waals surface area (Å²) in [5.74, 6) is 0. The van der Waals surface area contributed by atoms with Crippen molar-refractivity contribution in [3.05, 3.63) is 29.3 Å². The Morgan fingerprint density at radius 3 is 2.85 bits per heavy atom. The zero-order chi connectivity index (χ0) is 9.47. The molecule has 1 aromatic rings. The molecular formula is C12H17N. The number of rotatable bonds is 0. The Hall–Kier alpha value is -0.980. The smallest absolute Gasteiger partial charge is 0.0373 e. The van der Waals surface area contributed by atoms with Gasteiger partial charge in [0.15, 0.2) is 0 Å². The third-order valence-corrected chi connectivity index (χ3v) is 2.69. The normalized spacial score (nSPS) is 19.0. The predicted octanol–water partition coefficient (Wildman–Crippen LogP) is 2.99. The van der Waals surface area contributed by atoms with Crippen LogP contribution in [0.5, 0.6) is 0 Å². The summed E-state index contributed by atoms with van der Waals surface area (Å²) in [5.41, 5.74) is 4.56.